The number of carbonyl (C=O) groups excluding carboxylic acids is 1. The molecule has 1 aromatic heterocycles. The van der Waals surface area contributed by atoms with Crippen LogP contribution < -0.4 is 0 Å². The van der Waals surface area contributed by atoms with Crippen molar-refractivity contribution in [3.8, 4) is 0 Å². The van der Waals surface area contributed by atoms with Gasteiger partial charge < -0.3 is 18.9 Å². The fraction of sp³-hybridized carbons (Fsp3) is 0.500. The van der Waals surface area contributed by atoms with Crippen LogP contribution in [0.1, 0.15) is 29.6 Å². The lowest BCUT2D eigenvalue weighted by atomic mass is 10.00. The highest BCUT2D eigenvalue weighted by Gasteiger charge is 2.35. The topological polar surface area (TPSA) is 77.7 Å². The van der Waals surface area contributed by atoms with E-state index in [4.69, 9.17) is 14.0 Å². The average Bonchev–Trinajstić information content (AvgIpc) is 3.05. The van der Waals surface area contributed by atoms with Gasteiger partial charge in [0.05, 0.1) is 32.2 Å². The second-order valence-corrected chi connectivity index (χ2v) is 6.08. The van der Waals surface area contributed by atoms with E-state index in [1.807, 2.05) is 30.3 Å². The van der Waals surface area contributed by atoms with Crippen molar-refractivity contribution in [1.82, 2.24) is 15.0 Å². The molecule has 7 nitrogen and oxygen atoms in total. The van der Waals surface area contributed by atoms with Crippen LogP contribution in [0.5, 0.6) is 0 Å². The van der Waals surface area contributed by atoms with E-state index >= 15 is 0 Å². The van der Waals surface area contributed by atoms with Crippen LogP contribution in [0.25, 0.3) is 0 Å². The molecule has 1 amide bonds. The number of hydrogen-bond acceptors (Lipinski definition) is 6. The number of benzene rings is 1. The van der Waals surface area contributed by atoms with Crippen LogP contribution in [-0.2, 0) is 27.3 Å². The van der Waals surface area contributed by atoms with Crippen molar-refractivity contribution >= 4 is 5.91 Å². The molecule has 0 spiro atoms. The predicted molar refractivity (Wildman–Crippen MR) is 89.9 cm³/mol. The quantitative estimate of drug-likeness (QED) is 0.645. The second-order valence-electron chi connectivity index (χ2n) is 6.08. The average molecular weight is 345 g/mol. The normalized spacial score (nSPS) is 14.5. The Morgan fingerprint density at radius 1 is 1.28 bits per heavy atom. The first-order valence-electron chi connectivity index (χ1n) is 8.47. The smallest absolute Gasteiger partial charge is 0.233 e. The maximum absolute atomic E-state index is 11.8. The van der Waals surface area contributed by atoms with E-state index in [-0.39, 0.29) is 11.8 Å². The number of aromatic nitrogens is 2. The molecule has 1 aliphatic heterocycles. The van der Waals surface area contributed by atoms with E-state index in [1.54, 1.807) is 12.0 Å². The molecule has 0 unspecified atom stereocenters. The van der Waals surface area contributed by atoms with Crippen LogP contribution in [0.3, 0.4) is 0 Å². The lowest BCUT2D eigenvalue weighted by Crippen LogP contribution is -2.48. The molecule has 1 aromatic carbocycles. The summed E-state index contributed by atoms with van der Waals surface area (Å²) in [6, 6.07) is 10.0. The first kappa shape index (κ1) is 17.6. The van der Waals surface area contributed by atoms with Crippen LogP contribution >= 0.6 is 0 Å². The molecular weight excluding hydrogens is 322 g/mol. The van der Waals surface area contributed by atoms with Gasteiger partial charge in [0.15, 0.2) is 5.82 Å². The molecule has 0 aliphatic carbocycles. The lowest BCUT2D eigenvalue weighted by molar-refractivity contribution is -0.136. The summed E-state index contributed by atoms with van der Waals surface area (Å²) >= 11 is 0. The molecule has 1 fully saturated rings. The second kappa shape index (κ2) is 8.73. The fourth-order valence-electron chi connectivity index (χ4n) is 2.65. The minimum Gasteiger partial charge on any atom is -0.384 e. The minimum absolute atomic E-state index is 0.104. The summed E-state index contributed by atoms with van der Waals surface area (Å²) in [7, 11) is 1.59. The van der Waals surface area contributed by atoms with Gasteiger partial charge in [-0.15, -0.1) is 0 Å². The summed E-state index contributed by atoms with van der Waals surface area (Å²) in [4.78, 5) is 18.0. The maximum Gasteiger partial charge on any atom is 0.233 e. The van der Waals surface area contributed by atoms with E-state index in [9.17, 15) is 4.79 Å². The molecular formula is C18H23N3O4. The number of methoxy groups -OCH3 is 1. The Morgan fingerprint density at radius 2 is 2.08 bits per heavy atom. The van der Waals surface area contributed by atoms with E-state index in [2.05, 4.69) is 10.1 Å². The van der Waals surface area contributed by atoms with Gasteiger partial charge in [-0.2, -0.15) is 4.98 Å². The fourth-order valence-corrected chi connectivity index (χ4v) is 2.65. The number of amides is 1. The molecule has 3 rings (SSSR count). The lowest BCUT2D eigenvalue weighted by Gasteiger charge is -2.37. The first-order valence-corrected chi connectivity index (χ1v) is 8.47. The zero-order chi connectivity index (χ0) is 17.5. The monoisotopic (exact) mass is 345 g/mol. The van der Waals surface area contributed by atoms with Gasteiger partial charge in [0.25, 0.3) is 0 Å². The molecule has 2 heterocycles. The van der Waals surface area contributed by atoms with Gasteiger partial charge >= 0.3 is 0 Å². The van der Waals surface area contributed by atoms with E-state index in [1.165, 1.54) is 0 Å². The summed E-state index contributed by atoms with van der Waals surface area (Å²) < 4.78 is 15.9. The SMILES string of the molecule is COCCC(=O)N1CC(c2nc(CCOCc3ccccc3)no2)C1. The number of carbonyl (C=O) groups is 1. The van der Waals surface area contributed by atoms with Crippen molar-refractivity contribution in [3.05, 3.63) is 47.6 Å². The number of rotatable bonds is 9. The van der Waals surface area contributed by atoms with Crippen molar-refractivity contribution in [2.75, 3.05) is 33.4 Å². The molecule has 7 heteroatoms. The Morgan fingerprint density at radius 3 is 2.84 bits per heavy atom. The van der Waals surface area contributed by atoms with Crippen molar-refractivity contribution in [2.24, 2.45) is 0 Å². The molecule has 1 saturated heterocycles. The predicted octanol–water partition coefficient (Wildman–Crippen LogP) is 1.79. The molecule has 1 aliphatic rings. The van der Waals surface area contributed by atoms with Crippen LogP contribution in [-0.4, -0.2) is 54.4 Å². The third kappa shape index (κ3) is 4.87. The highest BCUT2D eigenvalue weighted by molar-refractivity contribution is 5.77. The third-order valence-corrected chi connectivity index (χ3v) is 4.17. The Bertz CT molecular complexity index is 668. The highest BCUT2D eigenvalue weighted by atomic mass is 16.5. The van der Waals surface area contributed by atoms with Gasteiger partial charge in [-0.25, -0.2) is 0 Å². The summed E-state index contributed by atoms with van der Waals surface area (Å²) in [5.74, 6) is 1.49. The molecule has 0 atom stereocenters. The van der Waals surface area contributed by atoms with Gasteiger partial charge in [-0.3, -0.25) is 4.79 Å². The zero-order valence-corrected chi connectivity index (χ0v) is 14.4. The number of hydrogen-bond donors (Lipinski definition) is 0. The summed E-state index contributed by atoms with van der Waals surface area (Å²) in [6.07, 6.45) is 1.02. The van der Waals surface area contributed by atoms with Crippen molar-refractivity contribution in [1.29, 1.82) is 0 Å². The highest BCUT2D eigenvalue weighted by Crippen LogP contribution is 2.26. The Labute approximate surface area is 146 Å². The van der Waals surface area contributed by atoms with E-state index in [0.29, 0.717) is 57.5 Å². The molecule has 0 bridgehead atoms. The largest absolute Gasteiger partial charge is 0.384 e. The van der Waals surface area contributed by atoms with Gasteiger partial charge in [-0.05, 0) is 5.56 Å². The first-order chi connectivity index (χ1) is 12.3. The number of nitrogens with zero attached hydrogens (tertiary/aromatic N) is 3. The van der Waals surface area contributed by atoms with Gasteiger partial charge in [0, 0.05) is 26.6 Å². The summed E-state index contributed by atoms with van der Waals surface area (Å²) in [6.45, 7) is 2.84. The molecule has 25 heavy (non-hydrogen) atoms. The Kier molecular flexibility index (Phi) is 6.14. The Hall–Kier alpha value is -2.25. The van der Waals surface area contributed by atoms with Crippen molar-refractivity contribution in [2.45, 2.75) is 25.4 Å². The standard InChI is InChI=1S/C18H23N3O4/c1-23-9-8-17(22)21-11-15(12-21)18-19-16(20-25-18)7-10-24-13-14-5-3-2-4-6-14/h2-6,15H,7-13H2,1H3. The maximum atomic E-state index is 11.8. The minimum atomic E-state index is 0.104. The van der Waals surface area contributed by atoms with Crippen LogP contribution in [0.15, 0.2) is 34.9 Å². The summed E-state index contributed by atoms with van der Waals surface area (Å²) in [5.41, 5.74) is 1.14. The molecule has 134 valence electrons. The third-order valence-electron chi connectivity index (χ3n) is 4.17. The van der Waals surface area contributed by atoms with Gasteiger partial charge in [0.1, 0.15) is 0 Å². The van der Waals surface area contributed by atoms with Crippen LogP contribution in [0.4, 0.5) is 0 Å². The van der Waals surface area contributed by atoms with E-state index < -0.39 is 0 Å². The zero-order valence-electron chi connectivity index (χ0n) is 14.4. The Balaban J connectivity index is 1.36. The molecule has 0 radical (unpaired) electrons. The van der Waals surface area contributed by atoms with E-state index in [0.717, 1.165) is 5.56 Å². The van der Waals surface area contributed by atoms with Crippen molar-refractivity contribution in [3.63, 3.8) is 0 Å². The van der Waals surface area contributed by atoms with Gasteiger partial charge in [0.2, 0.25) is 11.8 Å². The molecule has 0 N–H and O–H groups in total. The van der Waals surface area contributed by atoms with Crippen LogP contribution in [0, 0.1) is 0 Å². The van der Waals surface area contributed by atoms with Crippen molar-refractivity contribution < 1.29 is 18.8 Å². The number of ether oxygens (including phenoxy) is 2. The molecule has 2 aromatic rings. The van der Waals surface area contributed by atoms with Crippen LogP contribution in [0.2, 0.25) is 0 Å². The molecule has 0 saturated carbocycles. The summed E-state index contributed by atoms with van der Waals surface area (Å²) in [5, 5.41) is 3.99. The van der Waals surface area contributed by atoms with Gasteiger partial charge in [-0.1, -0.05) is 35.5 Å². The number of likely N-dealkylation sites (tertiary alicyclic amines) is 1.